The summed E-state index contributed by atoms with van der Waals surface area (Å²) in [5, 5.41) is 12.8. The third kappa shape index (κ3) is 4.92. The molecule has 0 atom stereocenters. The molecule has 0 unspecified atom stereocenters. The number of amides is 1. The van der Waals surface area contributed by atoms with E-state index in [-0.39, 0.29) is 12.5 Å². The molecule has 1 aliphatic rings. The van der Waals surface area contributed by atoms with E-state index in [1.165, 1.54) is 24.6 Å². The predicted molar refractivity (Wildman–Crippen MR) is 103 cm³/mol. The molecule has 0 saturated heterocycles. The SMILES string of the molecule is CCn1c(COc2ccccc2Cl)nnc1SCC(=O)NC1CCCC1. The number of carbonyl (C=O) groups excluding carboxylic acids is 1. The van der Waals surface area contributed by atoms with Crippen LogP contribution in [0.2, 0.25) is 5.02 Å². The van der Waals surface area contributed by atoms with Crippen LogP contribution in [0.1, 0.15) is 38.4 Å². The van der Waals surface area contributed by atoms with Crippen molar-refractivity contribution in [2.75, 3.05) is 5.75 Å². The number of rotatable bonds is 8. The lowest BCUT2D eigenvalue weighted by atomic mass is 10.2. The molecule has 140 valence electrons. The third-order valence-corrected chi connectivity index (χ3v) is 5.63. The fraction of sp³-hybridized carbons (Fsp3) is 0.500. The lowest BCUT2D eigenvalue weighted by molar-refractivity contribution is -0.119. The van der Waals surface area contributed by atoms with Gasteiger partial charge in [-0.2, -0.15) is 0 Å². The van der Waals surface area contributed by atoms with Crippen molar-refractivity contribution in [3.05, 3.63) is 35.1 Å². The number of aromatic nitrogens is 3. The molecule has 8 heteroatoms. The lowest BCUT2D eigenvalue weighted by Crippen LogP contribution is -2.33. The highest BCUT2D eigenvalue weighted by molar-refractivity contribution is 7.99. The van der Waals surface area contributed by atoms with E-state index in [9.17, 15) is 4.79 Å². The van der Waals surface area contributed by atoms with E-state index in [2.05, 4.69) is 15.5 Å². The highest BCUT2D eigenvalue weighted by atomic mass is 35.5. The topological polar surface area (TPSA) is 69.0 Å². The lowest BCUT2D eigenvalue weighted by Gasteiger charge is -2.12. The summed E-state index contributed by atoms with van der Waals surface area (Å²) in [6.07, 6.45) is 4.59. The molecule has 1 N–H and O–H groups in total. The number of hydrogen-bond acceptors (Lipinski definition) is 5. The molecular weight excluding hydrogens is 372 g/mol. The Bertz CT molecular complexity index is 747. The van der Waals surface area contributed by atoms with Crippen molar-refractivity contribution in [2.24, 2.45) is 0 Å². The van der Waals surface area contributed by atoms with Gasteiger partial charge in [0.15, 0.2) is 11.0 Å². The van der Waals surface area contributed by atoms with Crippen molar-refractivity contribution >= 4 is 29.3 Å². The van der Waals surface area contributed by atoms with Crippen LogP contribution >= 0.6 is 23.4 Å². The zero-order valence-electron chi connectivity index (χ0n) is 14.8. The molecule has 1 saturated carbocycles. The van der Waals surface area contributed by atoms with E-state index < -0.39 is 0 Å². The van der Waals surface area contributed by atoms with E-state index in [1.54, 1.807) is 6.07 Å². The Morgan fingerprint density at radius 2 is 2.12 bits per heavy atom. The molecule has 1 heterocycles. The first-order chi connectivity index (χ1) is 12.7. The van der Waals surface area contributed by atoms with Crippen LogP contribution in [0.15, 0.2) is 29.4 Å². The maximum atomic E-state index is 12.1. The number of benzene rings is 1. The second-order valence-corrected chi connectivity index (χ2v) is 7.55. The molecule has 1 aliphatic carbocycles. The number of nitrogens with one attached hydrogen (secondary N) is 1. The van der Waals surface area contributed by atoms with Gasteiger partial charge in [0.25, 0.3) is 0 Å². The van der Waals surface area contributed by atoms with Gasteiger partial charge in [0.05, 0.1) is 10.8 Å². The molecule has 1 fully saturated rings. The highest BCUT2D eigenvalue weighted by Gasteiger charge is 2.18. The summed E-state index contributed by atoms with van der Waals surface area (Å²) < 4.78 is 7.71. The minimum absolute atomic E-state index is 0.0569. The van der Waals surface area contributed by atoms with E-state index in [0.717, 1.165) is 18.0 Å². The summed E-state index contributed by atoms with van der Waals surface area (Å²) in [7, 11) is 0. The van der Waals surface area contributed by atoms with Crippen LogP contribution in [-0.2, 0) is 17.9 Å². The van der Waals surface area contributed by atoms with Gasteiger partial charge in [-0.05, 0) is 31.9 Å². The Kier molecular flexibility index (Phi) is 6.80. The Labute approximate surface area is 162 Å². The van der Waals surface area contributed by atoms with Gasteiger partial charge in [0.1, 0.15) is 12.4 Å². The summed E-state index contributed by atoms with van der Waals surface area (Å²) in [4.78, 5) is 12.1. The van der Waals surface area contributed by atoms with Gasteiger partial charge >= 0.3 is 0 Å². The Morgan fingerprint density at radius 1 is 1.35 bits per heavy atom. The molecule has 0 aliphatic heterocycles. The van der Waals surface area contributed by atoms with Crippen LogP contribution in [0, 0.1) is 0 Å². The molecule has 0 bridgehead atoms. The van der Waals surface area contributed by atoms with Crippen molar-refractivity contribution in [3.63, 3.8) is 0 Å². The summed E-state index contributed by atoms with van der Waals surface area (Å²) in [6.45, 7) is 3.01. The molecule has 1 amide bonds. The zero-order chi connectivity index (χ0) is 18.4. The summed E-state index contributed by atoms with van der Waals surface area (Å²) in [5.41, 5.74) is 0. The van der Waals surface area contributed by atoms with E-state index in [4.69, 9.17) is 16.3 Å². The van der Waals surface area contributed by atoms with Gasteiger partial charge in [-0.25, -0.2) is 0 Å². The minimum Gasteiger partial charge on any atom is -0.484 e. The summed E-state index contributed by atoms with van der Waals surface area (Å²) in [6, 6.07) is 7.67. The molecule has 6 nitrogen and oxygen atoms in total. The number of ether oxygens (including phenoxy) is 1. The molecule has 0 spiro atoms. The monoisotopic (exact) mass is 394 g/mol. The Hall–Kier alpha value is -1.73. The van der Waals surface area contributed by atoms with Crippen LogP contribution in [-0.4, -0.2) is 32.5 Å². The molecule has 26 heavy (non-hydrogen) atoms. The highest BCUT2D eigenvalue weighted by Crippen LogP contribution is 2.25. The molecule has 0 radical (unpaired) electrons. The standard InChI is InChI=1S/C18H23ClN4O2S/c1-2-23-16(11-25-15-10-6-5-9-14(15)19)21-22-18(23)26-12-17(24)20-13-7-3-4-8-13/h5-6,9-10,13H,2-4,7-8,11-12H2,1H3,(H,20,24). The van der Waals surface area contributed by atoms with Gasteiger partial charge in [-0.15, -0.1) is 10.2 Å². The van der Waals surface area contributed by atoms with Crippen LogP contribution in [0.5, 0.6) is 5.75 Å². The molecular formula is C18H23ClN4O2S. The summed E-state index contributed by atoms with van der Waals surface area (Å²) in [5.74, 6) is 1.73. The molecule has 3 rings (SSSR count). The number of nitrogens with zero attached hydrogens (tertiary/aromatic N) is 3. The van der Waals surface area contributed by atoms with Gasteiger partial charge < -0.3 is 14.6 Å². The smallest absolute Gasteiger partial charge is 0.230 e. The number of carbonyl (C=O) groups is 1. The number of halogens is 1. The van der Waals surface area contributed by atoms with Crippen molar-refractivity contribution < 1.29 is 9.53 Å². The van der Waals surface area contributed by atoms with Crippen LogP contribution in [0.25, 0.3) is 0 Å². The quantitative estimate of drug-likeness (QED) is 0.691. The largest absolute Gasteiger partial charge is 0.484 e. The average Bonchev–Trinajstić information content (AvgIpc) is 3.28. The Balaban J connectivity index is 1.55. The average molecular weight is 395 g/mol. The van der Waals surface area contributed by atoms with Crippen LogP contribution in [0.4, 0.5) is 0 Å². The molecule has 1 aromatic carbocycles. The van der Waals surface area contributed by atoms with E-state index in [1.807, 2.05) is 29.7 Å². The van der Waals surface area contributed by atoms with Crippen molar-refractivity contribution in [1.29, 1.82) is 0 Å². The first-order valence-electron chi connectivity index (χ1n) is 8.89. The van der Waals surface area contributed by atoms with E-state index >= 15 is 0 Å². The van der Waals surface area contributed by atoms with Crippen LogP contribution < -0.4 is 10.1 Å². The zero-order valence-corrected chi connectivity index (χ0v) is 16.4. The first-order valence-corrected chi connectivity index (χ1v) is 10.2. The van der Waals surface area contributed by atoms with Crippen molar-refractivity contribution in [1.82, 2.24) is 20.1 Å². The normalized spacial score (nSPS) is 14.5. The Morgan fingerprint density at radius 3 is 2.85 bits per heavy atom. The second-order valence-electron chi connectivity index (χ2n) is 6.20. The van der Waals surface area contributed by atoms with Crippen LogP contribution in [0.3, 0.4) is 0 Å². The van der Waals surface area contributed by atoms with Gasteiger partial charge in [0.2, 0.25) is 5.91 Å². The van der Waals surface area contributed by atoms with Gasteiger partial charge in [-0.3, -0.25) is 4.79 Å². The van der Waals surface area contributed by atoms with Crippen molar-refractivity contribution in [2.45, 2.75) is 57.0 Å². The van der Waals surface area contributed by atoms with E-state index in [0.29, 0.717) is 34.9 Å². The maximum Gasteiger partial charge on any atom is 0.230 e. The fourth-order valence-corrected chi connectivity index (χ4v) is 4.05. The molecule has 1 aromatic heterocycles. The first kappa shape index (κ1) is 19.0. The van der Waals surface area contributed by atoms with Gasteiger partial charge in [0, 0.05) is 12.6 Å². The summed E-state index contributed by atoms with van der Waals surface area (Å²) >= 11 is 7.51. The third-order valence-electron chi connectivity index (χ3n) is 4.36. The van der Waals surface area contributed by atoms with Gasteiger partial charge in [-0.1, -0.05) is 48.3 Å². The number of hydrogen-bond donors (Lipinski definition) is 1. The number of thioether (sulfide) groups is 1. The second kappa shape index (κ2) is 9.28. The fourth-order valence-electron chi connectivity index (χ4n) is 3.02. The minimum atomic E-state index is 0.0569. The maximum absolute atomic E-state index is 12.1. The predicted octanol–water partition coefficient (Wildman–Crippen LogP) is 3.68. The van der Waals surface area contributed by atoms with Crippen molar-refractivity contribution in [3.8, 4) is 5.75 Å². The molecule has 2 aromatic rings. The number of para-hydroxylation sites is 1.